The topological polar surface area (TPSA) is 81.9 Å². The average molecular weight is 340 g/mol. The van der Waals surface area contributed by atoms with Gasteiger partial charge >= 0.3 is 12.0 Å². The Bertz CT molecular complexity index is 781. The summed E-state index contributed by atoms with van der Waals surface area (Å²) in [5.41, 5.74) is 6.15. The van der Waals surface area contributed by atoms with Gasteiger partial charge in [0.1, 0.15) is 17.5 Å². The van der Waals surface area contributed by atoms with Gasteiger partial charge in [-0.2, -0.15) is 0 Å². The van der Waals surface area contributed by atoms with Crippen LogP contribution in [0.2, 0.25) is 0 Å². The third-order valence-electron chi connectivity index (χ3n) is 3.89. The summed E-state index contributed by atoms with van der Waals surface area (Å²) in [5.74, 6) is 0.626. The number of carbonyl (C=O) groups is 2. The number of nitrogens with two attached hydrogens (primary N) is 1. The molecule has 1 heterocycles. The van der Waals surface area contributed by atoms with Gasteiger partial charge in [0, 0.05) is 11.1 Å². The van der Waals surface area contributed by atoms with Crippen LogP contribution in [0.3, 0.4) is 0 Å². The van der Waals surface area contributed by atoms with Gasteiger partial charge in [-0.3, -0.25) is 0 Å². The molecular weight excluding hydrogens is 320 g/mol. The largest absolute Gasteiger partial charge is 0.457 e. The second-order valence-corrected chi connectivity index (χ2v) is 6.87. The highest BCUT2D eigenvalue weighted by Crippen LogP contribution is 2.45. The van der Waals surface area contributed by atoms with Gasteiger partial charge in [-0.25, -0.2) is 9.59 Å². The van der Waals surface area contributed by atoms with Crippen molar-refractivity contribution in [2.45, 2.75) is 26.8 Å². The van der Waals surface area contributed by atoms with E-state index in [2.05, 4.69) is 0 Å². The normalized spacial score (nSPS) is 13.2. The minimum atomic E-state index is -0.853. The lowest BCUT2D eigenvalue weighted by Gasteiger charge is -2.35. The van der Waals surface area contributed by atoms with Crippen molar-refractivity contribution in [2.75, 3.05) is 0 Å². The van der Waals surface area contributed by atoms with Crippen LogP contribution in [0.4, 0.5) is 4.79 Å². The summed E-state index contributed by atoms with van der Waals surface area (Å²) in [4.78, 5) is 29.8. The van der Waals surface area contributed by atoms with E-state index in [1.165, 1.54) is 0 Å². The second kappa shape index (κ2) is 6.12. The minimum absolute atomic E-state index is 0.548. The zero-order valence-corrected chi connectivity index (χ0v) is 14.4. The Morgan fingerprint density at radius 3 is 1.92 bits per heavy atom. The van der Waals surface area contributed by atoms with Crippen molar-refractivity contribution in [3.8, 4) is 11.5 Å². The van der Waals surface area contributed by atoms with Crippen LogP contribution in [-0.2, 0) is 9.63 Å². The molecule has 0 atom stereocenters. The number of primary amides is 1. The van der Waals surface area contributed by atoms with Crippen LogP contribution in [0.1, 0.15) is 37.9 Å². The van der Waals surface area contributed by atoms with Crippen molar-refractivity contribution in [3.05, 3.63) is 59.7 Å². The molecule has 0 unspecified atom stereocenters. The SMILES string of the molecule is CC(C)(C)C(=O)ON(C(N)=O)C1c2ccccc2Oc2ccccc21. The van der Waals surface area contributed by atoms with Crippen LogP contribution in [0.25, 0.3) is 0 Å². The number of hydrogen-bond donors (Lipinski definition) is 1. The highest BCUT2D eigenvalue weighted by Gasteiger charge is 2.38. The first-order valence-corrected chi connectivity index (χ1v) is 7.96. The maximum atomic E-state index is 12.3. The Kier molecular flexibility index (Phi) is 4.12. The number of carbonyl (C=O) groups excluding carboxylic acids is 2. The van der Waals surface area contributed by atoms with Gasteiger partial charge in [0.05, 0.1) is 5.41 Å². The van der Waals surface area contributed by atoms with Crippen LogP contribution in [0, 0.1) is 5.41 Å². The lowest BCUT2D eigenvalue weighted by molar-refractivity contribution is -0.192. The molecule has 0 fully saturated rings. The third kappa shape index (κ3) is 3.15. The highest BCUT2D eigenvalue weighted by atomic mass is 16.7. The van der Waals surface area contributed by atoms with E-state index in [1.54, 1.807) is 32.9 Å². The van der Waals surface area contributed by atoms with E-state index in [0.717, 1.165) is 5.06 Å². The minimum Gasteiger partial charge on any atom is -0.457 e. The summed E-state index contributed by atoms with van der Waals surface area (Å²) in [6, 6.07) is 13.0. The van der Waals surface area contributed by atoms with Crippen LogP contribution in [-0.4, -0.2) is 17.1 Å². The number of amides is 2. The fourth-order valence-corrected chi connectivity index (χ4v) is 2.59. The Labute approximate surface area is 146 Å². The lowest BCUT2D eigenvalue weighted by Crippen LogP contribution is -2.43. The Hall–Kier alpha value is -3.02. The summed E-state index contributed by atoms with van der Waals surface area (Å²) < 4.78 is 5.89. The van der Waals surface area contributed by atoms with E-state index in [-0.39, 0.29) is 0 Å². The fourth-order valence-electron chi connectivity index (χ4n) is 2.59. The van der Waals surface area contributed by atoms with E-state index in [9.17, 15) is 9.59 Å². The number of benzene rings is 2. The maximum Gasteiger partial charge on any atom is 0.348 e. The smallest absolute Gasteiger partial charge is 0.348 e. The van der Waals surface area contributed by atoms with Crippen LogP contribution in [0.5, 0.6) is 11.5 Å². The molecule has 1 aliphatic rings. The molecule has 0 radical (unpaired) electrons. The predicted octanol–water partition coefficient (Wildman–Crippen LogP) is 3.77. The standard InChI is InChI=1S/C19H20N2O4/c1-19(2,3)17(22)25-21(18(20)23)16-12-8-4-6-10-14(12)24-15-11-7-5-9-13(15)16/h4-11,16H,1-3H3,(H2,20,23). The number of nitrogens with zero attached hydrogens (tertiary/aromatic N) is 1. The molecule has 0 aliphatic carbocycles. The summed E-state index contributed by atoms with van der Waals surface area (Å²) in [7, 11) is 0. The van der Waals surface area contributed by atoms with Gasteiger partial charge in [0.15, 0.2) is 0 Å². The molecule has 130 valence electrons. The molecule has 3 rings (SSSR count). The number of fused-ring (bicyclic) bond motifs is 2. The molecule has 6 nitrogen and oxygen atoms in total. The first-order chi connectivity index (χ1) is 11.8. The molecule has 0 saturated carbocycles. The zero-order valence-electron chi connectivity index (χ0n) is 14.4. The lowest BCUT2D eigenvalue weighted by atomic mass is 9.94. The number of ether oxygens (including phenoxy) is 1. The monoisotopic (exact) mass is 340 g/mol. The highest BCUT2D eigenvalue weighted by molar-refractivity contribution is 5.79. The molecule has 0 aromatic heterocycles. The average Bonchev–Trinajstić information content (AvgIpc) is 2.56. The van der Waals surface area contributed by atoms with E-state index in [4.69, 9.17) is 15.3 Å². The van der Waals surface area contributed by atoms with Crippen molar-refractivity contribution in [1.82, 2.24) is 5.06 Å². The summed E-state index contributed by atoms with van der Waals surface area (Å²) >= 11 is 0. The second-order valence-electron chi connectivity index (χ2n) is 6.87. The van der Waals surface area contributed by atoms with Crippen LogP contribution in [0.15, 0.2) is 48.5 Å². The van der Waals surface area contributed by atoms with Crippen LogP contribution >= 0.6 is 0 Å². The number of rotatable bonds is 1. The van der Waals surface area contributed by atoms with Gasteiger partial charge in [-0.05, 0) is 32.9 Å². The molecule has 1 aliphatic heterocycles. The molecule has 0 spiro atoms. The quantitative estimate of drug-likeness (QED) is 0.801. The van der Waals surface area contributed by atoms with Crippen molar-refractivity contribution < 1.29 is 19.2 Å². The number of hydrogen-bond acceptors (Lipinski definition) is 4. The van der Waals surface area contributed by atoms with Gasteiger partial charge in [-0.1, -0.05) is 36.4 Å². The summed E-state index contributed by atoms with van der Waals surface area (Å²) in [6.45, 7) is 5.13. The van der Waals surface area contributed by atoms with Crippen molar-refractivity contribution in [2.24, 2.45) is 11.1 Å². The van der Waals surface area contributed by atoms with Crippen LogP contribution < -0.4 is 10.5 Å². The summed E-state index contributed by atoms with van der Waals surface area (Å²) in [5, 5.41) is 0.924. The Balaban J connectivity index is 2.10. The predicted molar refractivity (Wildman–Crippen MR) is 91.8 cm³/mol. The molecule has 2 aromatic rings. The molecule has 2 N–H and O–H groups in total. The molecule has 2 amide bonds. The first kappa shape index (κ1) is 16.8. The zero-order chi connectivity index (χ0) is 18.2. The third-order valence-corrected chi connectivity index (χ3v) is 3.89. The van der Waals surface area contributed by atoms with E-state index in [1.807, 2.05) is 36.4 Å². The molecular formula is C19H20N2O4. The molecule has 6 heteroatoms. The molecule has 25 heavy (non-hydrogen) atoms. The summed E-state index contributed by atoms with van der Waals surface area (Å²) in [6.07, 6.45) is 0. The van der Waals surface area contributed by atoms with Gasteiger partial charge in [0.2, 0.25) is 0 Å². The van der Waals surface area contributed by atoms with Gasteiger partial charge in [-0.15, -0.1) is 5.06 Å². The molecule has 0 saturated heterocycles. The van der Waals surface area contributed by atoms with Crippen molar-refractivity contribution in [1.29, 1.82) is 0 Å². The maximum absolute atomic E-state index is 12.3. The Morgan fingerprint density at radius 1 is 1.00 bits per heavy atom. The van der Waals surface area contributed by atoms with Gasteiger partial charge < -0.3 is 15.3 Å². The van der Waals surface area contributed by atoms with Crippen molar-refractivity contribution >= 4 is 12.0 Å². The van der Waals surface area contributed by atoms with E-state index >= 15 is 0 Å². The number of urea groups is 1. The fraction of sp³-hybridized carbons (Fsp3) is 0.263. The Morgan fingerprint density at radius 2 is 1.48 bits per heavy atom. The number of hydroxylamine groups is 2. The van der Waals surface area contributed by atoms with E-state index in [0.29, 0.717) is 22.6 Å². The number of para-hydroxylation sites is 2. The first-order valence-electron chi connectivity index (χ1n) is 7.96. The van der Waals surface area contributed by atoms with Crippen molar-refractivity contribution in [3.63, 3.8) is 0 Å². The van der Waals surface area contributed by atoms with Gasteiger partial charge in [0.25, 0.3) is 0 Å². The molecule has 2 aromatic carbocycles. The van der Waals surface area contributed by atoms with E-state index < -0.39 is 23.5 Å². The molecule has 0 bridgehead atoms.